The van der Waals surface area contributed by atoms with Crippen molar-refractivity contribution in [3.63, 3.8) is 0 Å². The molecule has 0 aliphatic heterocycles. The van der Waals surface area contributed by atoms with Gasteiger partial charge in [0.05, 0.1) is 10.4 Å². The molecule has 0 saturated heterocycles. The van der Waals surface area contributed by atoms with E-state index in [0.29, 0.717) is 5.52 Å². The van der Waals surface area contributed by atoms with Gasteiger partial charge in [-0.1, -0.05) is 6.07 Å². The molecule has 1 aromatic carbocycles. The molecule has 0 aliphatic rings. The van der Waals surface area contributed by atoms with Crippen LogP contribution in [0.5, 0.6) is 0 Å². The Balaban J connectivity index is 0.00000112. The number of hydrogen-bond acceptors (Lipinski definition) is 3. The Labute approximate surface area is 112 Å². The van der Waals surface area contributed by atoms with Crippen LogP contribution in [0.1, 0.15) is 5.56 Å². The number of hydrogen-bond donors (Lipinski definition) is 0. The molecular weight excluding hydrogens is 221 g/mol. The monoisotopic (exact) mass is 229 g/mol. The second-order valence-electron chi connectivity index (χ2n) is 3.07. The Hall–Kier alpha value is -0.260. The van der Waals surface area contributed by atoms with Gasteiger partial charge in [0.2, 0.25) is 0 Å². The normalized spacial score (nSPS) is 12.1. The molecule has 5 heteroatoms. The van der Waals surface area contributed by atoms with Gasteiger partial charge in [-0.15, -0.1) is 0 Å². The van der Waals surface area contributed by atoms with E-state index < -0.39 is 11.1 Å². The SMILES string of the molecule is Cc1cc(S(=O)[O-])c2ncccc2c1.[Na+]. The zero-order valence-corrected chi connectivity index (χ0v) is 11.4. The van der Waals surface area contributed by atoms with Crippen LogP contribution in [-0.4, -0.2) is 13.7 Å². The fourth-order valence-corrected chi connectivity index (χ4v) is 2.04. The third-order valence-corrected chi connectivity index (χ3v) is 2.66. The molecule has 15 heavy (non-hydrogen) atoms. The van der Waals surface area contributed by atoms with Gasteiger partial charge in [0.15, 0.2) is 0 Å². The van der Waals surface area contributed by atoms with Gasteiger partial charge < -0.3 is 4.55 Å². The van der Waals surface area contributed by atoms with E-state index in [1.807, 2.05) is 19.1 Å². The molecule has 0 radical (unpaired) electrons. The molecule has 1 unspecified atom stereocenters. The van der Waals surface area contributed by atoms with Crippen molar-refractivity contribution in [2.75, 3.05) is 0 Å². The van der Waals surface area contributed by atoms with Gasteiger partial charge in [-0.2, -0.15) is 0 Å². The van der Waals surface area contributed by atoms with Gasteiger partial charge in [-0.05, 0) is 41.8 Å². The molecule has 3 nitrogen and oxygen atoms in total. The second kappa shape index (κ2) is 5.18. The molecule has 72 valence electrons. The van der Waals surface area contributed by atoms with Gasteiger partial charge in [0, 0.05) is 11.6 Å². The number of aryl methyl sites for hydroxylation is 1. The van der Waals surface area contributed by atoms with Crippen molar-refractivity contribution in [2.45, 2.75) is 11.8 Å². The molecule has 0 amide bonds. The summed E-state index contributed by atoms with van der Waals surface area (Å²) in [5.41, 5.74) is 1.45. The number of nitrogens with zero attached hydrogens (tertiary/aromatic N) is 1. The van der Waals surface area contributed by atoms with E-state index in [1.165, 1.54) is 0 Å². The smallest absolute Gasteiger partial charge is 0.768 e. The first-order valence-electron chi connectivity index (χ1n) is 4.13. The van der Waals surface area contributed by atoms with Crippen LogP contribution in [0.2, 0.25) is 0 Å². The third kappa shape index (κ3) is 2.65. The van der Waals surface area contributed by atoms with Crippen molar-refractivity contribution in [3.8, 4) is 0 Å². The minimum absolute atomic E-state index is 0. The van der Waals surface area contributed by atoms with Crippen LogP contribution in [-0.2, 0) is 11.1 Å². The fourth-order valence-electron chi connectivity index (χ4n) is 1.43. The molecule has 0 spiro atoms. The Morgan fingerprint density at radius 1 is 1.40 bits per heavy atom. The first kappa shape index (κ1) is 12.8. The number of fused-ring (bicyclic) bond motifs is 1. The van der Waals surface area contributed by atoms with E-state index in [4.69, 9.17) is 0 Å². The quantitative estimate of drug-likeness (QED) is 0.455. The molecule has 0 fully saturated rings. The average molecular weight is 229 g/mol. The molecule has 1 heterocycles. The number of pyridine rings is 1. The molecule has 0 bridgehead atoms. The van der Waals surface area contributed by atoms with E-state index in [1.54, 1.807) is 18.3 Å². The summed E-state index contributed by atoms with van der Waals surface area (Å²) in [4.78, 5) is 4.31. The van der Waals surface area contributed by atoms with Crippen LogP contribution < -0.4 is 29.6 Å². The van der Waals surface area contributed by atoms with Crippen LogP contribution >= 0.6 is 0 Å². The summed E-state index contributed by atoms with van der Waals surface area (Å²) in [6.45, 7) is 1.86. The minimum atomic E-state index is -2.23. The summed E-state index contributed by atoms with van der Waals surface area (Å²) >= 11 is -2.23. The van der Waals surface area contributed by atoms with Gasteiger partial charge >= 0.3 is 29.6 Å². The van der Waals surface area contributed by atoms with Crippen molar-refractivity contribution in [3.05, 3.63) is 36.0 Å². The summed E-state index contributed by atoms with van der Waals surface area (Å²) in [5, 5.41) is 0.853. The van der Waals surface area contributed by atoms with Crippen molar-refractivity contribution >= 4 is 22.0 Å². The van der Waals surface area contributed by atoms with Crippen LogP contribution in [0.4, 0.5) is 0 Å². The fraction of sp³-hybridized carbons (Fsp3) is 0.100. The van der Waals surface area contributed by atoms with E-state index in [2.05, 4.69) is 4.98 Å². The van der Waals surface area contributed by atoms with Gasteiger partial charge in [0.1, 0.15) is 0 Å². The Bertz CT molecular complexity index is 516. The molecule has 1 atom stereocenters. The Kier molecular flexibility index (Phi) is 4.43. The van der Waals surface area contributed by atoms with Gasteiger partial charge in [0.25, 0.3) is 0 Å². The summed E-state index contributed by atoms with van der Waals surface area (Å²) in [5.74, 6) is 0. The maximum atomic E-state index is 10.9. The largest absolute Gasteiger partial charge is 1.00 e. The molecule has 0 N–H and O–H groups in total. The molecular formula is C10H8NNaO2S. The molecule has 0 aliphatic carbocycles. The van der Waals surface area contributed by atoms with E-state index in [0.717, 1.165) is 10.9 Å². The van der Waals surface area contributed by atoms with E-state index in [9.17, 15) is 8.76 Å². The maximum absolute atomic E-state index is 10.9. The maximum Gasteiger partial charge on any atom is 1.00 e. The van der Waals surface area contributed by atoms with Crippen molar-refractivity contribution in [2.24, 2.45) is 0 Å². The first-order chi connectivity index (χ1) is 6.68. The van der Waals surface area contributed by atoms with Crippen LogP contribution in [0.3, 0.4) is 0 Å². The van der Waals surface area contributed by atoms with Gasteiger partial charge in [-0.25, -0.2) is 0 Å². The number of rotatable bonds is 1. The zero-order chi connectivity index (χ0) is 10.1. The van der Waals surface area contributed by atoms with Crippen LogP contribution in [0.15, 0.2) is 35.4 Å². The first-order valence-corrected chi connectivity index (χ1v) is 5.20. The van der Waals surface area contributed by atoms with Crippen molar-refractivity contribution < 1.29 is 38.3 Å². The summed E-state index contributed by atoms with van der Waals surface area (Å²) in [6.07, 6.45) is 1.59. The standard InChI is InChI=1S/C10H9NO2S.Na/c1-7-5-8-3-2-4-11-10(8)9(6-7)14(12)13;/h2-6H,1H3,(H,12,13);/q;+1/p-1. The average Bonchev–Trinajstić information content (AvgIpc) is 2.16. The summed E-state index contributed by atoms with van der Waals surface area (Å²) in [6, 6.07) is 7.18. The molecule has 2 aromatic rings. The molecule has 1 aromatic heterocycles. The minimum Gasteiger partial charge on any atom is -0.768 e. The summed E-state index contributed by atoms with van der Waals surface area (Å²) < 4.78 is 21.9. The Morgan fingerprint density at radius 2 is 2.13 bits per heavy atom. The number of aromatic nitrogens is 1. The predicted molar refractivity (Wildman–Crippen MR) is 53.7 cm³/mol. The Morgan fingerprint density at radius 3 is 2.80 bits per heavy atom. The van der Waals surface area contributed by atoms with Crippen molar-refractivity contribution in [1.82, 2.24) is 4.98 Å². The van der Waals surface area contributed by atoms with Gasteiger partial charge in [-0.3, -0.25) is 9.19 Å². The molecule has 2 rings (SSSR count). The third-order valence-electron chi connectivity index (χ3n) is 1.99. The molecule has 0 saturated carbocycles. The van der Waals surface area contributed by atoms with E-state index in [-0.39, 0.29) is 34.5 Å². The predicted octanol–water partition coefficient (Wildman–Crippen LogP) is -1.21. The summed E-state index contributed by atoms with van der Waals surface area (Å²) in [7, 11) is 0. The zero-order valence-electron chi connectivity index (χ0n) is 8.56. The van der Waals surface area contributed by atoms with E-state index >= 15 is 0 Å². The van der Waals surface area contributed by atoms with Crippen molar-refractivity contribution in [1.29, 1.82) is 0 Å². The van der Waals surface area contributed by atoms with Crippen LogP contribution in [0.25, 0.3) is 10.9 Å². The van der Waals surface area contributed by atoms with Crippen LogP contribution in [0, 0.1) is 6.92 Å². The second-order valence-corrected chi connectivity index (χ2v) is 3.98. The topological polar surface area (TPSA) is 53.0 Å². The number of benzene rings is 1.